The highest BCUT2D eigenvalue weighted by Crippen LogP contribution is 2.38. The second-order valence-electron chi connectivity index (χ2n) is 6.62. The van der Waals surface area contributed by atoms with Crippen molar-refractivity contribution in [1.82, 2.24) is 4.90 Å². The van der Waals surface area contributed by atoms with Crippen LogP contribution >= 0.6 is 0 Å². The second-order valence-corrected chi connectivity index (χ2v) is 6.62. The van der Waals surface area contributed by atoms with Crippen LogP contribution in [0.25, 0.3) is 6.08 Å². The number of hydrogen-bond acceptors (Lipinski definition) is 6. The topological polar surface area (TPSA) is 66.5 Å². The molecule has 0 aliphatic carbocycles. The van der Waals surface area contributed by atoms with Gasteiger partial charge in [-0.15, -0.1) is 0 Å². The van der Waals surface area contributed by atoms with Crippen LogP contribution in [0.4, 0.5) is 0 Å². The number of likely N-dealkylation sites (N-methyl/N-ethyl adjacent to an activating group) is 1. The fourth-order valence-electron chi connectivity index (χ4n) is 3.22. The summed E-state index contributed by atoms with van der Waals surface area (Å²) in [5.74, 6) is 2.94. The van der Waals surface area contributed by atoms with Gasteiger partial charge in [0.15, 0.2) is 23.0 Å². The number of amides is 1. The van der Waals surface area contributed by atoms with Crippen molar-refractivity contribution in [3.63, 3.8) is 0 Å². The van der Waals surface area contributed by atoms with Crippen LogP contribution in [0.1, 0.15) is 18.1 Å². The summed E-state index contributed by atoms with van der Waals surface area (Å²) >= 11 is 0. The summed E-state index contributed by atoms with van der Waals surface area (Å²) < 4.78 is 27.2. The lowest BCUT2D eigenvalue weighted by Crippen LogP contribution is -2.28. The minimum Gasteiger partial charge on any atom is -0.493 e. The normalized spacial score (nSPS) is 12.5. The average molecular weight is 413 g/mol. The highest BCUT2D eigenvalue weighted by molar-refractivity contribution is 5.92. The van der Waals surface area contributed by atoms with Gasteiger partial charge in [-0.25, -0.2) is 0 Å². The van der Waals surface area contributed by atoms with Crippen LogP contribution in [0.3, 0.4) is 0 Å². The molecular weight excluding hydrogens is 386 g/mol. The second kappa shape index (κ2) is 9.91. The van der Waals surface area contributed by atoms with Crippen LogP contribution in [-0.4, -0.2) is 51.9 Å². The van der Waals surface area contributed by atoms with Crippen molar-refractivity contribution < 1.29 is 28.5 Å². The zero-order valence-electron chi connectivity index (χ0n) is 17.8. The quantitative estimate of drug-likeness (QED) is 0.617. The number of methoxy groups -OCH3 is 3. The molecule has 7 nitrogen and oxygen atoms in total. The average Bonchev–Trinajstić information content (AvgIpc) is 2.79. The monoisotopic (exact) mass is 413 g/mol. The van der Waals surface area contributed by atoms with Crippen molar-refractivity contribution in [3.8, 4) is 28.7 Å². The van der Waals surface area contributed by atoms with Crippen LogP contribution in [0, 0.1) is 0 Å². The van der Waals surface area contributed by atoms with E-state index < -0.39 is 0 Å². The van der Waals surface area contributed by atoms with Gasteiger partial charge < -0.3 is 28.6 Å². The third-order valence-electron chi connectivity index (χ3n) is 4.78. The molecule has 0 spiro atoms. The van der Waals surface area contributed by atoms with Gasteiger partial charge in [-0.1, -0.05) is 6.07 Å². The molecule has 7 heteroatoms. The number of carbonyl (C=O) groups excluding carboxylic acids is 1. The minimum absolute atomic E-state index is 0.0962. The number of benzene rings is 2. The molecule has 0 atom stereocenters. The number of ether oxygens (including phenoxy) is 5. The Bertz CT molecular complexity index is 899. The van der Waals surface area contributed by atoms with E-state index in [9.17, 15) is 4.79 Å². The Labute approximate surface area is 176 Å². The molecule has 1 aliphatic heterocycles. The van der Waals surface area contributed by atoms with Gasteiger partial charge >= 0.3 is 0 Å². The van der Waals surface area contributed by atoms with Crippen LogP contribution in [0.5, 0.6) is 28.7 Å². The molecule has 1 heterocycles. The molecule has 160 valence electrons. The minimum atomic E-state index is -0.0962. The summed E-state index contributed by atoms with van der Waals surface area (Å²) in [6.45, 7) is 4.09. The summed E-state index contributed by atoms with van der Waals surface area (Å²) in [4.78, 5) is 14.5. The molecule has 0 radical (unpaired) electrons. The molecule has 0 aromatic heterocycles. The zero-order valence-corrected chi connectivity index (χ0v) is 17.8. The molecule has 0 saturated heterocycles. The van der Waals surface area contributed by atoms with Crippen LogP contribution in [0.15, 0.2) is 36.4 Å². The molecule has 0 unspecified atom stereocenters. The first-order valence-corrected chi connectivity index (χ1v) is 9.75. The standard InChI is InChI=1S/C23H27NO6/c1-5-24(15-17-6-8-18-19(14-17)30-11-10-29-18)22(25)9-7-16-12-20(26-2)23(28-4)21(13-16)27-3/h6-9,12-14H,5,10-11,15H2,1-4H3. The molecular formula is C23H27NO6. The molecule has 1 aliphatic rings. The smallest absolute Gasteiger partial charge is 0.246 e. The lowest BCUT2D eigenvalue weighted by molar-refractivity contribution is -0.126. The van der Waals surface area contributed by atoms with Gasteiger partial charge in [-0.3, -0.25) is 4.79 Å². The Hall–Kier alpha value is -3.35. The summed E-state index contributed by atoms with van der Waals surface area (Å²) in [6, 6.07) is 9.35. The largest absolute Gasteiger partial charge is 0.493 e. The highest BCUT2D eigenvalue weighted by Gasteiger charge is 2.15. The van der Waals surface area contributed by atoms with Gasteiger partial charge in [0.1, 0.15) is 13.2 Å². The summed E-state index contributed by atoms with van der Waals surface area (Å²) in [5, 5.41) is 0. The molecule has 2 aromatic rings. The summed E-state index contributed by atoms with van der Waals surface area (Å²) in [6.07, 6.45) is 3.28. The molecule has 0 fully saturated rings. The molecule has 0 saturated carbocycles. The van der Waals surface area contributed by atoms with Crippen LogP contribution < -0.4 is 23.7 Å². The maximum atomic E-state index is 12.8. The Balaban J connectivity index is 1.74. The molecule has 30 heavy (non-hydrogen) atoms. The van der Waals surface area contributed by atoms with E-state index in [4.69, 9.17) is 23.7 Å². The van der Waals surface area contributed by atoms with Crippen molar-refractivity contribution in [2.24, 2.45) is 0 Å². The van der Waals surface area contributed by atoms with E-state index >= 15 is 0 Å². The maximum Gasteiger partial charge on any atom is 0.246 e. The van der Waals surface area contributed by atoms with Crippen molar-refractivity contribution in [3.05, 3.63) is 47.5 Å². The van der Waals surface area contributed by atoms with E-state index in [1.807, 2.05) is 25.1 Å². The Kier molecular flexibility index (Phi) is 7.06. The molecule has 0 bridgehead atoms. The third-order valence-corrected chi connectivity index (χ3v) is 4.78. The van der Waals surface area contributed by atoms with Crippen molar-refractivity contribution in [2.45, 2.75) is 13.5 Å². The van der Waals surface area contributed by atoms with Gasteiger partial charge in [0.05, 0.1) is 21.3 Å². The zero-order chi connectivity index (χ0) is 21.5. The van der Waals surface area contributed by atoms with E-state index in [1.165, 1.54) is 0 Å². The van der Waals surface area contributed by atoms with Gasteiger partial charge in [-0.2, -0.15) is 0 Å². The van der Waals surface area contributed by atoms with Gasteiger partial charge in [0, 0.05) is 19.2 Å². The maximum absolute atomic E-state index is 12.8. The van der Waals surface area contributed by atoms with Crippen molar-refractivity contribution >= 4 is 12.0 Å². The first-order valence-electron chi connectivity index (χ1n) is 9.75. The van der Waals surface area contributed by atoms with E-state index in [-0.39, 0.29) is 5.91 Å². The fourth-order valence-corrected chi connectivity index (χ4v) is 3.22. The Morgan fingerprint density at radius 3 is 2.27 bits per heavy atom. The van der Waals surface area contributed by atoms with E-state index in [0.717, 1.165) is 22.6 Å². The number of carbonyl (C=O) groups is 1. The fraction of sp³-hybridized carbons (Fsp3) is 0.348. The van der Waals surface area contributed by atoms with Gasteiger partial charge in [0.25, 0.3) is 0 Å². The van der Waals surface area contributed by atoms with Gasteiger partial charge in [-0.05, 0) is 48.4 Å². The molecule has 1 amide bonds. The summed E-state index contributed by atoms with van der Waals surface area (Å²) in [7, 11) is 4.67. The van der Waals surface area contributed by atoms with Crippen LogP contribution in [0.2, 0.25) is 0 Å². The number of fused-ring (bicyclic) bond motifs is 1. The predicted octanol–water partition coefficient (Wildman–Crippen LogP) is 3.55. The van der Waals surface area contributed by atoms with Crippen molar-refractivity contribution in [1.29, 1.82) is 0 Å². The number of nitrogens with zero attached hydrogens (tertiary/aromatic N) is 1. The SMILES string of the molecule is CCN(Cc1ccc2c(c1)OCCO2)C(=O)C=Cc1cc(OC)c(OC)c(OC)c1. The van der Waals surface area contributed by atoms with E-state index in [0.29, 0.717) is 43.6 Å². The number of rotatable bonds is 8. The third kappa shape index (κ3) is 4.79. The Morgan fingerprint density at radius 1 is 1.00 bits per heavy atom. The first kappa shape index (κ1) is 21.4. The van der Waals surface area contributed by atoms with Gasteiger partial charge in [0.2, 0.25) is 11.7 Å². The molecule has 2 aromatic carbocycles. The van der Waals surface area contributed by atoms with Crippen LogP contribution in [-0.2, 0) is 11.3 Å². The highest BCUT2D eigenvalue weighted by atomic mass is 16.6. The molecule has 3 rings (SSSR count). The van der Waals surface area contributed by atoms with Crippen molar-refractivity contribution in [2.75, 3.05) is 41.1 Å². The lowest BCUT2D eigenvalue weighted by Gasteiger charge is -2.22. The summed E-state index contributed by atoms with van der Waals surface area (Å²) in [5.41, 5.74) is 1.75. The Morgan fingerprint density at radius 2 is 1.67 bits per heavy atom. The van der Waals surface area contributed by atoms with E-state index in [1.54, 1.807) is 50.5 Å². The molecule has 0 N–H and O–H groups in total. The first-order chi connectivity index (χ1) is 14.6. The van der Waals surface area contributed by atoms with E-state index in [2.05, 4.69) is 0 Å². The number of hydrogen-bond donors (Lipinski definition) is 0. The lowest BCUT2D eigenvalue weighted by atomic mass is 10.1. The predicted molar refractivity (Wildman–Crippen MR) is 114 cm³/mol.